The molecule has 0 saturated carbocycles. The molecule has 2 aromatic heterocycles. The molecule has 2 aromatic rings. The van der Waals surface area contributed by atoms with Gasteiger partial charge in [-0.1, -0.05) is 0 Å². The van der Waals surface area contributed by atoms with Gasteiger partial charge in [0.2, 0.25) is 0 Å². The second-order valence-corrected chi connectivity index (χ2v) is 5.35. The number of nitrogens with zero attached hydrogens (tertiary/aromatic N) is 4. The second kappa shape index (κ2) is 4.58. The van der Waals surface area contributed by atoms with Crippen LogP contribution in [0.15, 0.2) is 12.5 Å². The summed E-state index contributed by atoms with van der Waals surface area (Å²) in [7, 11) is 0. The van der Waals surface area contributed by atoms with Crippen LogP contribution in [0.2, 0.25) is 0 Å². The van der Waals surface area contributed by atoms with Crippen molar-refractivity contribution >= 4 is 11.5 Å². The van der Waals surface area contributed by atoms with Crippen LogP contribution in [0, 0.1) is 0 Å². The molecule has 1 aliphatic rings. The topological polar surface area (TPSA) is 119 Å². The van der Waals surface area contributed by atoms with Crippen molar-refractivity contribution in [3.05, 3.63) is 18.2 Å². The van der Waals surface area contributed by atoms with Crippen LogP contribution >= 0.6 is 0 Å². The van der Waals surface area contributed by atoms with Crippen LogP contribution in [-0.4, -0.2) is 53.8 Å². The minimum atomic E-state index is -1.72. The van der Waals surface area contributed by atoms with Crippen LogP contribution in [-0.2, 0) is 4.74 Å². The van der Waals surface area contributed by atoms with Crippen molar-refractivity contribution in [3.63, 3.8) is 0 Å². The highest BCUT2D eigenvalue weighted by Crippen LogP contribution is 2.43. The van der Waals surface area contributed by atoms with E-state index in [9.17, 15) is 14.6 Å². The monoisotopic (exact) mass is 297 g/mol. The lowest BCUT2D eigenvalue weighted by Gasteiger charge is -2.30. The molecule has 1 fully saturated rings. The fraction of sp³-hybridized carbons (Fsp3) is 0.583. The van der Waals surface area contributed by atoms with E-state index in [1.165, 1.54) is 30.9 Å². The minimum absolute atomic E-state index is 0.156. The zero-order valence-corrected chi connectivity index (χ0v) is 11.5. The summed E-state index contributed by atoms with van der Waals surface area (Å²) in [6.07, 6.45) is -2.75. The summed E-state index contributed by atoms with van der Waals surface area (Å²) in [6, 6.07) is 0. The zero-order valence-electron chi connectivity index (χ0n) is 11.5. The molecular formula is C12H16FN5O3. The zero-order chi connectivity index (χ0) is 15.4. The first-order valence-corrected chi connectivity index (χ1v) is 6.48. The number of hydrogen-bond acceptors (Lipinski definition) is 7. The van der Waals surface area contributed by atoms with Gasteiger partial charge in [0.05, 0.1) is 18.0 Å². The van der Waals surface area contributed by atoms with Gasteiger partial charge in [-0.2, -0.15) is 5.10 Å². The third-order valence-corrected chi connectivity index (χ3v) is 4.04. The SMILES string of the molecule is CC(O)C1(C)OC(c2cnc3c(N)ncnn23)C(F)C1O. The minimum Gasteiger partial charge on any atom is -0.390 e. The molecule has 21 heavy (non-hydrogen) atoms. The molecule has 3 heterocycles. The van der Waals surface area contributed by atoms with Crippen LogP contribution in [0.25, 0.3) is 5.65 Å². The standard InChI is InChI=1S/C12H16FN5O3/c1-5(19)12(2)9(20)7(13)8(21-12)6-3-15-11-10(14)16-4-17-18(6)11/h3-5,7-9,19-20H,1-2H3,(H2,14,16,17). The van der Waals surface area contributed by atoms with Crippen LogP contribution in [0.3, 0.4) is 0 Å². The molecule has 0 aromatic carbocycles. The van der Waals surface area contributed by atoms with Gasteiger partial charge in [-0.3, -0.25) is 0 Å². The number of nitrogen functional groups attached to an aromatic ring is 1. The van der Waals surface area contributed by atoms with E-state index >= 15 is 0 Å². The maximum atomic E-state index is 14.4. The summed E-state index contributed by atoms with van der Waals surface area (Å²) < 4.78 is 21.3. The number of alkyl halides is 1. The number of rotatable bonds is 2. The van der Waals surface area contributed by atoms with Crippen LogP contribution < -0.4 is 5.73 Å². The molecule has 1 saturated heterocycles. The molecule has 114 valence electrons. The number of imidazole rings is 1. The smallest absolute Gasteiger partial charge is 0.196 e. The number of fused-ring (bicyclic) bond motifs is 1. The highest BCUT2D eigenvalue weighted by Gasteiger charge is 2.56. The lowest BCUT2D eigenvalue weighted by molar-refractivity contribution is -0.134. The predicted molar refractivity (Wildman–Crippen MR) is 70.0 cm³/mol. The first-order chi connectivity index (χ1) is 9.86. The summed E-state index contributed by atoms with van der Waals surface area (Å²) in [5, 5.41) is 23.8. The summed E-state index contributed by atoms with van der Waals surface area (Å²) in [5.41, 5.74) is 4.85. The van der Waals surface area contributed by atoms with Crippen LogP contribution in [0.1, 0.15) is 25.6 Å². The predicted octanol–water partition coefficient (Wildman–Crippen LogP) is -0.384. The first kappa shape index (κ1) is 14.1. The van der Waals surface area contributed by atoms with E-state index in [2.05, 4.69) is 15.1 Å². The summed E-state index contributed by atoms with van der Waals surface area (Å²) >= 11 is 0. The average Bonchev–Trinajstić information content (AvgIpc) is 2.96. The van der Waals surface area contributed by atoms with Crippen LogP contribution in [0.4, 0.5) is 10.2 Å². The van der Waals surface area contributed by atoms with Gasteiger partial charge in [-0.05, 0) is 13.8 Å². The van der Waals surface area contributed by atoms with E-state index < -0.39 is 30.1 Å². The molecule has 5 atom stereocenters. The lowest BCUT2D eigenvalue weighted by Crippen LogP contribution is -2.47. The highest BCUT2D eigenvalue weighted by atomic mass is 19.1. The molecule has 4 N–H and O–H groups in total. The van der Waals surface area contributed by atoms with E-state index in [4.69, 9.17) is 10.5 Å². The van der Waals surface area contributed by atoms with Gasteiger partial charge >= 0.3 is 0 Å². The van der Waals surface area contributed by atoms with E-state index in [0.717, 1.165) is 0 Å². The fourth-order valence-corrected chi connectivity index (χ4v) is 2.51. The Kier molecular flexibility index (Phi) is 3.08. The van der Waals surface area contributed by atoms with Gasteiger partial charge in [0.25, 0.3) is 0 Å². The van der Waals surface area contributed by atoms with Crippen molar-refractivity contribution < 1.29 is 19.3 Å². The Hall–Kier alpha value is -1.84. The van der Waals surface area contributed by atoms with Crippen molar-refractivity contribution in [3.8, 4) is 0 Å². The Bertz CT molecular complexity index is 678. The number of ether oxygens (including phenoxy) is 1. The van der Waals surface area contributed by atoms with Crippen molar-refractivity contribution in [2.24, 2.45) is 0 Å². The Morgan fingerprint density at radius 1 is 1.52 bits per heavy atom. The molecule has 5 unspecified atom stereocenters. The Morgan fingerprint density at radius 2 is 2.24 bits per heavy atom. The van der Waals surface area contributed by atoms with Crippen molar-refractivity contribution in [2.45, 2.75) is 43.9 Å². The number of nitrogens with two attached hydrogens (primary N) is 1. The molecular weight excluding hydrogens is 281 g/mol. The fourth-order valence-electron chi connectivity index (χ4n) is 2.51. The largest absolute Gasteiger partial charge is 0.390 e. The normalized spacial score (nSPS) is 34.4. The van der Waals surface area contributed by atoms with E-state index in [-0.39, 0.29) is 11.5 Å². The Balaban J connectivity index is 2.06. The van der Waals surface area contributed by atoms with Crippen molar-refractivity contribution in [1.82, 2.24) is 19.6 Å². The number of aliphatic hydroxyl groups is 2. The molecule has 3 rings (SSSR count). The quantitative estimate of drug-likeness (QED) is 0.691. The number of halogens is 1. The average molecular weight is 297 g/mol. The van der Waals surface area contributed by atoms with E-state index in [1.807, 2.05) is 0 Å². The Morgan fingerprint density at radius 3 is 2.86 bits per heavy atom. The molecule has 0 radical (unpaired) electrons. The number of aliphatic hydroxyl groups excluding tert-OH is 2. The molecule has 0 aliphatic carbocycles. The van der Waals surface area contributed by atoms with Gasteiger partial charge in [-0.25, -0.2) is 18.9 Å². The van der Waals surface area contributed by atoms with Crippen molar-refractivity contribution in [1.29, 1.82) is 0 Å². The number of hydrogen-bond donors (Lipinski definition) is 3. The summed E-state index contributed by atoms with van der Waals surface area (Å²) in [5.74, 6) is 0.156. The van der Waals surface area contributed by atoms with Gasteiger partial charge in [0.1, 0.15) is 24.1 Å². The van der Waals surface area contributed by atoms with E-state index in [1.54, 1.807) is 0 Å². The third kappa shape index (κ3) is 1.88. The second-order valence-electron chi connectivity index (χ2n) is 5.35. The molecule has 9 heteroatoms. The summed E-state index contributed by atoms with van der Waals surface area (Å²) in [6.45, 7) is 2.90. The van der Waals surface area contributed by atoms with Gasteiger partial charge in [0, 0.05) is 0 Å². The van der Waals surface area contributed by atoms with Gasteiger partial charge in [0.15, 0.2) is 17.6 Å². The maximum Gasteiger partial charge on any atom is 0.196 e. The van der Waals surface area contributed by atoms with Crippen LogP contribution in [0.5, 0.6) is 0 Å². The molecule has 0 amide bonds. The summed E-state index contributed by atoms with van der Waals surface area (Å²) in [4.78, 5) is 7.83. The molecule has 8 nitrogen and oxygen atoms in total. The third-order valence-electron chi connectivity index (χ3n) is 4.04. The molecule has 1 aliphatic heterocycles. The lowest BCUT2D eigenvalue weighted by atomic mass is 9.92. The number of anilines is 1. The van der Waals surface area contributed by atoms with Crippen molar-refractivity contribution in [2.75, 3.05) is 5.73 Å². The van der Waals surface area contributed by atoms with Gasteiger partial charge < -0.3 is 20.7 Å². The van der Waals surface area contributed by atoms with Gasteiger partial charge in [-0.15, -0.1) is 0 Å². The maximum absolute atomic E-state index is 14.4. The number of aromatic nitrogens is 4. The molecule has 0 spiro atoms. The Labute approximate surface area is 119 Å². The molecule has 0 bridgehead atoms. The first-order valence-electron chi connectivity index (χ1n) is 6.48. The van der Waals surface area contributed by atoms with E-state index in [0.29, 0.717) is 5.69 Å². The highest BCUT2D eigenvalue weighted by molar-refractivity contribution is 5.58.